The second-order valence-electron chi connectivity index (χ2n) is 4.96. The van der Waals surface area contributed by atoms with Crippen LogP contribution in [0.3, 0.4) is 0 Å². The third-order valence-corrected chi connectivity index (χ3v) is 4.38. The van der Waals surface area contributed by atoms with Gasteiger partial charge in [0, 0.05) is 6.07 Å². The number of benzene rings is 2. The molecule has 0 saturated carbocycles. The molecule has 0 aliphatic heterocycles. The summed E-state index contributed by atoms with van der Waals surface area (Å²) in [5, 5.41) is 9.42. The zero-order valence-electron chi connectivity index (χ0n) is 12.8. The maximum absolute atomic E-state index is 11.9. The summed E-state index contributed by atoms with van der Waals surface area (Å²) in [5.74, 6) is 1.18. The number of ether oxygens (including phenoxy) is 2. The molecule has 2 aromatic carbocycles. The van der Waals surface area contributed by atoms with E-state index in [1.807, 2.05) is 30.3 Å². The minimum atomic E-state index is -1.22. The lowest BCUT2D eigenvalue weighted by Crippen LogP contribution is -2.19. The summed E-state index contributed by atoms with van der Waals surface area (Å²) in [4.78, 5) is 0.554. The molecule has 0 bridgehead atoms. The number of aliphatic hydroxyl groups is 1. The van der Waals surface area contributed by atoms with Crippen LogP contribution in [0.2, 0.25) is 0 Å². The molecule has 0 amide bonds. The molecule has 0 aromatic heterocycles. The minimum absolute atomic E-state index is 0.0868. The van der Waals surface area contributed by atoms with Crippen molar-refractivity contribution < 1.29 is 19.1 Å². The maximum Gasteiger partial charge on any atom is 0.198 e. The van der Waals surface area contributed by atoms with Crippen LogP contribution in [0.1, 0.15) is 5.56 Å². The Balaban J connectivity index is 2.07. The molecule has 2 atom stereocenters. The van der Waals surface area contributed by atoms with Gasteiger partial charge in [-0.15, -0.1) is 11.6 Å². The van der Waals surface area contributed by atoms with Gasteiger partial charge in [0.25, 0.3) is 0 Å². The van der Waals surface area contributed by atoms with Crippen LogP contribution in [0.25, 0.3) is 0 Å². The van der Waals surface area contributed by atoms with Crippen molar-refractivity contribution in [3.05, 3.63) is 54.1 Å². The van der Waals surface area contributed by atoms with Gasteiger partial charge in [-0.1, -0.05) is 30.3 Å². The first-order valence-corrected chi connectivity index (χ1v) is 9.20. The van der Waals surface area contributed by atoms with Gasteiger partial charge < -0.3 is 19.1 Å². The smallest absolute Gasteiger partial charge is 0.198 e. The largest absolute Gasteiger partial charge is 0.612 e. The molecule has 2 rings (SSSR count). The lowest BCUT2D eigenvalue weighted by molar-refractivity contribution is 0.125. The quantitative estimate of drug-likeness (QED) is 0.584. The van der Waals surface area contributed by atoms with Crippen LogP contribution >= 0.6 is 11.6 Å². The molecule has 23 heavy (non-hydrogen) atoms. The first-order valence-electron chi connectivity index (χ1n) is 7.11. The highest BCUT2D eigenvalue weighted by Crippen LogP contribution is 2.29. The van der Waals surface area contributed by atoms with E-state index in [4.69, 9.17) is 21.1 Å². The van der Waals surface area contributed by atoms with E-state index in [1.54, 1.807) is 24.5 Å². The standard InChI is InChI=1S/C17H19ClO4S/c1-23(20)17-9-15(21-12-14(19)10-18)7-8-16(17)22-11-13-5-3-2-4-6-13/h2-9,14,19H,10-12H2,1H3. The van der Waals surface area contributed by atoms with Gasteiger partial charge in [-0.3, -0.25) is 0 Å². The van der Waals surface area contributed by atoms with Gasteiger partial charge in [-0.2, -0.15) is 0 Å². The molecular weight excluding hydrogens is 336 g/mol. The van der Waals surface area contributed by atoms with Gasteiger partial charge in [-0.05, 0) is 28.9 Å². The monoisotopic (exact) mass is 354 g/mol. The van der Waals surface area contributed by atoms with E-state index in [9.17, 15) is 9.66 Å². The summed E-state index contributed by atoms with van der Waals surface area (Å²) in [6.45, 7) is 0.486. The first-order chi connectivity index (χ1) is 11.1. The fourth-order valence-corrected chi connectivity index (χ4v) is 2.68. The van der Waals surface area contributed by atoms with Crippen LogP contribution in [0, 0.1) is 0 Å². The van der Waals surface area contributed by atoms with E-state index in [2.05, 4.69) is 0 Å². The third-order valence-electron chi connectivity index (χ3n) is 3.08. The van der Waals surface area contributed by atoms with Crippen molar-refractivity contribution in [2.75, 3.05) is 18.7 Å². The molecule has 0 heterocycles. The van der Waals surface area contributed by atoms with Crippen LogP contribution in [-0.2, 0) is 17.8 Å². The Morgan fingerprint density at radius 2 is 1.91 bits per heavy atom. The molecule has 2 unspecified atom stereocenters. The van der Waals surface area contributed by atoms with E-state index in [-0.39, 0.29) is 12.5 Å². The lowest BCUT2D eigenvalue weighted by Gasteiger charge is -2.15. The van der Waals surface area contributed by atoms with Gasteiger partial charge >= 0.3 is 0 Å². The molecule has 0 radical (unpaired) electrons. The molecule has 124 valence electrons. The second kappa shape index (κ2) is 9.03. The molecule has 0 fully saturated rings. The molecular formula is C17H19ClO4S. The molecule has 4 nitrogen and oxygen atoms in total. The fraction of sp³-hybridized carbons (Fsp3) is 0.294. The second-order valence-corrected chi connectivity index (χ2v) is 6.61. The van der Waals surface area contributed by atoms with Crippen molar-refractivity contribution in [2.45, 2.75) is 17.6 Å². The van der Waals surface area contributed by atoms with E-state index < -0.39 is 17.3 Å². The maximum atomic E-state index is 11.9. The van der Waals surface area contributed by atoms with Crippen LogP contribution in [0.5, 0.6) is 11.5 Å². The number of hydrogen-bond acceptors (Lipinski definition) is 4. The molecule has 0 saturated heterocycles. The van der Waals surface area contributed by atoms with E-state index in [0.29, 0.717) is 23.0 Å². The fourth-order valence-electron chi connectivity index (χ4n) is 1.89. The van der Waals surface area contributed by atoms with Gasteiger partial charge in [0.15, 0.2) is 10.6 Å². The molecule has 1 N–H and O–H groups in total. The van der Waals surface area contributed by atoms with Crippen molar-refractivity contribution in [1.29, 1.82) is 0 Å². The zero-order valence-corrected chi connectivity index (χ0v) is 14.3. The summed E-state index contributed by atoms with van der Waals surface area (Å²) in [6, 6.07) is 14.9. The van der Waals surface area contributed by atoms with Crippen molar-refractivity contribution in [3.8, 4) is 11.5 Å². The van der Waals surface area contributed by atoms with Gasteiger partial charge in [0.2, 0.25) is 0 Å². The topological polar surface area (TPSA) is 61.8 Å². The van der Waals surface area contributed by atoms with Crippen LogP contribution in [-0.4, -0.2) is 34.5 Å². The van der Waals surface area contributed by atoms with Crippen molar-refractivity contribution in [3.63, 3.8) is 0 Å². The molecule has 0 aliphatic rings. The lowest BCUT2D eigenvalue weighted by atomic mass is 10.2. The Hall–Kier alpha value is -1.40. The van der Waals surface area contributed by atoms with Gasteiger partial charge in [0.05, 0.1) is 5.88 Å². The number of alkyl halides is 1. The molecule has 0 spiro atoms. The van der Waals surface area contributed by atoms with Gasteiger partial charge in [-0.25, -0.2) is 0 Å². The summed E-state index contributed by atoms with van der Waals surface area (Å²) in [6.07, 6.45) is 0.850. The normalized spacial score (nSPS) is 13.4. The first kappa shape index (κ1) is 17.9. The minimum Gasteiger partial charge on any atom is -0.612 e. The Labute approximate surface area is 144 Å². The Morgan fingerprint density at radius 3 is 2.57 bits per heavy atom. The molecule has 0 aliphatic carbocycles. The Kier molecular flexibility index (Phi) is 7.05. The van der Waals surface area contributed by atoms with E-state index in [1.165, 1.54) is 0 Å². The van der Waals surface area contributed by atoms with Crippen molar-refractivity contribution in [1.82, 2.24) is 0 Å². The van der Waals surface area contributed by atoms with Gasteiger partial charge in [0.1, 0.15) is 31.3 Å². The number of rotatable bonds is 8. The Morgan fingerprint density at radius 1 is 1.17 bits per heavy atom. The summed E-state index contributed by atoms with van der Waals surface area (Å²) < 4.78 is 23.1. The average Bonchev–Trinajstić information content (AvgIpc) is 2.58. The van der Waals surface area contributed by atoms with Crippen molar-refractivity contribution in [2.24, 2.45) is 0 Å². The summed E-state index contributed by atoms with van der Waals surface area (Å²) in [7, 11) is 0. The highest BCUT2D eigenvalue weighted by atomic mass is 35.5. The SMILES string of the molecule is C[S+]([O-])c1cc(OCC(O)CCl)ccc1OCc1ccccc1. The van der Waals surface area contributed by atoms with Crippen LogP contribution < -0.4 is 9.47 Å². The van der Waals surface area contributed by atoms with Crippen LogP contribution in [0.15, 0.2) is 53.4 Å². The third kappa shape index (κ3) is 5.62. The zero-order chi connectivity index (χ0) is 16.7. The highest BCUT2D eigenvalue weighted by Gasteiger charge is 2.16. The Bertz CT molecular complexity index is 607. The summed E-state index contributed by atoms with van der Waals surface area (Å²) >= 11 is 4.31. The number of hydrogen-bond donors (Lipinski definition) is 1. The van der Waals surface area contributed by atoms with E-state index in [0.717, 1.165) is 5.56 Å². The predicted octanol–water partition coefficient (Wildman–Crippen LogP) is 2.98. The predicted molar refractivity (Wildman–Crippen MR) is 91.8 cm³/mol. The summed E-state index contributed by atoms with van der Waals surface area (Å²) in [5.41, 5.74) is 1.03. The average molecular weight is 355 g/mol. The van der Waals surface area contributed by atoms with Crippen LogP contribution in [0.4, 0.5) is 0 Å². The van der Waals surface area contributed by atoms with Crippen molar-refractivity contribution >= 4 is 22.8 Å². The van der Waals surface area contributed by atoms with E-state index >= 15 is 0 Å². The number of aliphatic hydroxyl groups excluding tert-OH is 1. The highest BCUT2D eigenvalue weighted by molar-refractivity contribution is 7.90. The molecule has 2 aromatic rings. The number of halogens is 1. The molecule has 6 heteroatoms.